The Hall–Kier alpha value is -1.55. The minimum Gasteiger partial charge on any atom is -0.497 e. The number of hydrogen-bond donors (Lipinski definition) is 1. The van der Waals surface area contributed by atoms with Crippen LogP contribution in [0.4, 0.5) is 0 Å². The van der Waals surface area contributed by atoms with Crippen LogP contribution in [-0.2, 0) is 11.3 Å². The highest BCUT2D eigenvalue weighted by atomic mass is 16.5. The van der Waals surface area contributed by atoms with Crippen LogP contribution in [0, 0.1) is 5.92 Å². The number of carbonyl (C=O) groups excluding carboxylic acids is 1. The molecule has 0 spiro atoms. The Bertz CT molecular complexity index is 547. The van der Waals surface area contributed by atoms with Gasteiger partial charge in [-0.2, -0.15) is 0 Å². The molecule has 2 fully saturated rings. The standard InChI is InChI=1S/C21H32N2O2/c1-25-20-8-4-7-18(15-20)16-23-13-11-19(12-14-23)22-21(24)10-9-17-5-2-3-6-17/h4,7-8,15,17,19H,2-3,5-6,9-14,16H2,1H3,(H,22,24). The van der Waals surface area contributed by atoms with Gasteiger partial charge in [0.1, 0.15) is 5.75 Å². The minimum absolute atomic E-state index is 0.262. The lowest BCUT2D eigenvalue weighted by Gasteiger charge is -2.32. The van der Waals surface area contributed by atoms with Gasteiger partial charge in [-0.3, -0.25) is 9.69 Å². The molecule has 138 valence electrons. The number of hydrogen-bond acceptors (Lipinski definition) is 3. The molecule has 1 aromatic rings. The number of ether oxygens (including phenoxy) is 1. The Kier molecular flexibility index (Phi) is 6.74. The lowest BCUT2D eigenvalue weighted by molar-refractivity contribution is -0.122. The molecule has 1 aromatic carbocycles. The highest BCUT2D eigenvalue weighted by Gasteiger charge is 2.22. The van der Waals surface area contributed by atoms with Crippen LogP contribution < -0.4 is 10.1 Å². The van der Waals surface area contributed by atoms with Gasteiger partial charge in [0.2, 0.25) is 5.91 Å². The Labute approximate surface area is 151 Å². The van der Waals surface area contributed by atoms with E-state index in [4.69, 9.17) is 4.74 Å². The molecule has 1 aliphatic heterocycles. The zero-order chi connectivity index (χ0) is 17.5. The van der Waals surface area contributed by atoms with Crippen LogP contribution in [0.1, 0.15) is 56.9 Å². The maximum absolute atomic E-state index is 12.2. The van der Waals surface area contributed by atoms with Gasteiger partial charge in [0.25, 0.3) is 0 Å². The van der Waals surface area contributed by atoms with E-state index in [0.29, 0.717) is 12.5 Å². The number of carbonyl (C=O) groups is 1. The number of likely N-dealkylation sites (tertiary alicyclic amines) is 1. The molecule has 1 saturated heterocycles. The minimum atomic E-state index is 0.262. The monoisotopic (exact) mass is 344 g/mol. The molecule has 1 amide bonds. The normalized spacial score (nSPS) is 19.9. The zero-order valence-electron chi connectivity index (χ0n) is 15.5. The Morgan fingerprint density at radius 1 is 1.20 bits per heavy atom. The number of amides is 1. The van der Waals surface area contributed by atoms with Crippen molar-refractivity contribution in [3.63, 3.8) is 0 Å². The summed E-state index contributed by atoms with van der Waals surface area (Å²) in [7, 11) is 1.71. The van der Waals surface area contributed by atoms with E-state index in [-0.39, 0.29) is 5.91 Å². The van der Waals surface area contributed by atoms with Crippen LogP contribution in [0.25, 0.3) is 0 Å². The van der Waals surface area contributed by atoms with E-state index in [0.717, 1.165) is 50.6 Å². The van der Waals surface area contributed by atoms with Crippen LogP contribution >= 0.6 is 0 Å². The molecule has 2 aliphatic rings. The maximum atomic E-state index is 12.2. The van der Waals surface area contributed by atoms with E-state index in [9.17, 15) is 4.79 Å². The Morgan fingerprint density at radius 3 is 2.68 bits per heavy atom. The second-order valence-corrected chi connectivity index (χ2v) is 7.66. The Morgan fingerprint density at radius 2 is 1.96 bits per heavy atom. The molecule has 1 N–H and O–H groups in total. The second-order valence-electron chi connectivity index (χ2n) is 7.66. The average molecular weight is 344 g/mol. The summed E-state index contributed by atoms with van der Waals surface area (Å²) in [6.07, 6.45) is 9.29. The second kappa shape index (κ2) is 9.23. The molecular formula is C21H32N2O2. The van der Waals surface area contributed by atoms with Crippen LogP contribution in [0.15, 0.2) is 24.3 Å². The van der Waals surface area contributed by atoms with Crippen molar-refractivity contribution in [1.29, 1.82) is 0 Å². The summed E-state index contributed by atoms with van der Waals surface area (Å²) in [6, 6.07) is 8.65. The molecular weight excluding hydrogens is 312 g/mol. The van der Waals surface area contributed by atoms with E-state index < -0.39 is 0 Å². The molecule has 0 aromatic heterocycles. The fraction of sp³-hybridized carbons (Fsp3) is 0.667. The van der Waals surface area contributed by atoms with Crippen molar-refractivity contribution in [2.45, 2.75) is 64.0 Å². The van der Waals surface area contributed by atoms with Crippen LogP contribution in [0.5, 0.6) is 5.75 Å². The highest BCUT2D eigenvalue weighted by molar-refractivity contribution is 5.76. The molecule has 0 bridgehead atoms. The van der Waals surface area contributed by atoms with Gasteiger partial charge in [-0.25, -0.2) is 0 Å². The fourth-order valence-corrected chi connectivity index (χ4v) is 4.20. The summed E-state index contributed by atoms with van der Waals surface area (Å²) < 4.78 is 5.30. The molecule has 25 heavy (non-hydrogen) atoms. The fourth-order valence-electron chi connectivity index (χ4n) is 4.20. The first-order chi connectivity index (χ1) is 12.2. The van der Waals surface area contributed by atoms with Gasteiger partial charge in [-0.1, -0.05) is 37.8 Å². The lowest BCUT2D eigenvalue weighted by Crippen LogP contribution is -2.44. The maximum Gasteiger partial charge on any atom is 0.220 e. The first-order valence-corrected chi connectivity index (χ1v) is 9.87. The third-order valence-corrected chi connectivity index (χ3v) is 5.75. The van der Waals surface area contributed by atoms with Crippen molar-refractivity contribution in [1.82, 2.24) is 10.2 Å². The van der Waals surface area contributed by atoms with Crippen molar-refractivity contribution < 1.29 is 9.53 Å². The average Bonchev–Trinajstić information content (AvgIpc) is 3.15. The van der Waals surface area contributed by atoms with Crippen LogP contribution in [0.3, 0.4) is 0 Å². The van der Waals surface area contributed by atoms with Crippen molar-refractivity contribution in [2.75, 3.05) is 20.2 Å². The summed E-state index contributed by atoms with van der Waals surface area (Å²) in [6.45, 7) is 3.05. The number of nitrogens with one attached hydrogen (secondary N) is 1. The SMILES string of the molecule is COc1cccc(CN2CCC(NC(=O)CCC3CCCC3)CC2)c1. The quantitative estimate of drug-likeness (QED) is 0.819. The van der Waals surface area contributed by atoms with Crippen molar-refractivity contribution in [2.24, 2.45) is 5.92 Å². The topological polar surface area (TPSA) is 41.6 Å². The number of methoxy groups -OCH3 is 1. The summed E-state index contributed by atoms with van der Waals surface area (Å²) in [5, 5.41) is 3.26. The molecule has 1 aliphatic carbocycles. The molecule has 0 unspecified atom stereocenters. The van der Waals surface area contributed by atoms with Gasteiger partial charge in [0.15, 0.2) is 0 Å². The summed E-state index contributed by atoms with van der Waals surface area (Å²) in [5.41, 5.74) is 1.29. The molecule has 1 saturated carbocycles. The molecule has 3 rings (SSSR count). The van der Waals surface area contributed by atoms with Gasteiger partial charge >= 0.3 is 0 Å². The molecule has 0 atom stereocenters. The largest absolute Gasteiger partial charge is 0.497 e. The first kappa shape index (κ1) is 18.2. The summed E-state index contributed by atoms with van der Waals surface area (Å²) in [5.74, 6) is 1.98. The smallest absolute Gasteiger partial charge is 0.220 e. The predicted octanol–water partition coefficient (Wildman–Crippen LogP) is 3.75. The summed E-state index contributed by atoms with van der Waals surface area (Å²) in [4.78, 5) is 14.6. The van der Waals surface area contributed by atoms with Gasteiger partial charge in [0.05, 0.1) is 7.11 Å². The van der Waals surface area contributed by atoms with Crippen molar-refractivity contribution >= 4 is 5.91 Å². The third-order valence-electron chi connectivity index (χ3n) is 5.75. The summed E-state index contributed by atoms with van der Waals surface area (Å²) >= 11 is 0. The van der Waals surface area contributed by atoms with E-state index in [1.165, 1.54) is 31.2 Å². The predicted molar refractivity (Wildman–Crippen MR) is 101 cm³/mol. The van der Waals surface area contributed by atoms with E-state index in [2.05, 4.69) is 22.3 Å². The van der Waals surface area contributed by atoms with E-state index in [1.807, 2.05) is 12.1 Å². The van der Waals surface area contributed by atoms with Gasteiger partial charge in [-0.15, -0.1) is 0 Å². The van der Waals surface area contributed by atoms with E-state index >= 15 is 0 Å². The van der Waals surface area contributed by atoms with Crippen molar-refractivity contribution in [3.05, 3.63) is 29.8 Å². The van der Waals surface area contributed by atoms with Crippen LogP contribution in [0.2, 0.25) is 0 Å². The van der Waals surface area contributed by atoms with Gasteiger partial charge in [0, 0.05) is 32.1 Å². The Balaban J connectivity index is 1.35. The number of rotatable bonds is 7. The van der Waals surface area contributed by atoms with Crippen LogP contribution in [-0.4, -0.2) is 37.0 Å². The molecule has 4 heteroatoms. The molecule has 0 radical (unpaired) electrons. The van der Waals surface area contributed by atoms with Gasteiger partial charge in [-0.05, 0) is 42.9 Å². The highest BCUT2D eigenvalue weighted by Crippen LogP contribution is 2.28. The molecule has 1 heterocycles. The third kappa shape index (κ3) is 5.74. The van der Waals surface area contributed by atoms with E-state index in [1.54, 1.807) is 7.11 Å². The molecule has 4 nitrogen and oxygen atoms in total. The van der Waals surface area contributed by atoms with Gasteiger partial charge < -0.3 is 10.1 Å². The zero-order valence-corrected chi connectivity index (χ0v) is 15.5. The lowest BCUT2D eigenvalue weighted by atomic mass is 10.0. The number of benzene rings is 1. The number of piperidine rings is 1. The number of nitrogens with zero attached hydrogens (tertiary/aromatic N) is 1. The van der Waals surface area contributed by atoms with Crippen molar-refractivity contribution in [3.8, 4) is 5.75 Å². The first-order valence-electron chi connectivity index (χ1n) is 9.87.